The van der Waals surface area contributed by atoms with E-state index in [-0.39, 0.29) is 19.0 Å². The Bertz CT molecular complexity index is 279. The van der Waals surface area contributed by atoms with Crippen molar-refractivity contribution >= 4 is 11.9 Å². The van der Waals surface area contributed by atoms with Crippen LogP contribution < -0.4 is 0 Å². The van der Waals surface area contributed by atoms with Crippen LogP contribution in [0.25, 0.3) is 0 Å². The summed E-state index contributed by atoms with van der Waals surface area (Å²) in [5.41, 5.74) is 0. The second-order valence-corrected chi connectivity index (χ2v) is 3.44. The molecule has 0 aliphatic carbocycles. The highest BCUT2D eigenvalue weighted by atomic mass is 17.2. The van der Waals surface area contributed by atoms with Crippen LogP contribution in [0.5, 0.6) is 0 Å². The van der Waals surface area contributed by atoms with E-state index in [1.165, 1.54) is 6.92 Å². The Hall–Kier alpha value is -1.18. The Morgan fingerprint density at radius 2 is 2.31 bits per heavy atom. The molecule has 0 aromatic carbocycles. The van der Waals surface area contributed by atoms with Gasteiger partial charge in [0, 0.05) is 13.8 Å². The van der Waals surface area contributed by atoms with Crippen molar-refractivity contribution in [3.8, 4) is 0 Å². The van der Waals surface area contributed by atoms with Gasteiger partial charge in [-0.15, -0.1) is 0 Å². The fourth-order valence-electron chi connectivity index (χ4n) is 1.12. The van der Waals surface area contributed by atoms with Crippen LogP contribution in [0.3, 0.4) is 0 Å². The molecular formula is C9H15NO6. The molecule has 92 valence electrons. The molecule has 1 rings (SSSR count). The van der Waals surface area contributed by atoms with E-state index in [2.05, 4.69) is 9.73 Å². The van der Waals surface area contributed by atoms with Crippen molar-refractivity contribution in [2.24, 2.45) is 4.99 Å². The van der Waals surface area contributed by atoms with Crippen molar-refractivity contribution in [2.45, 2.75) is 32.2 Å². The molecule has 0 saturated heterocycles. The third kappa shape index (κ3) is 3.76. The first-order valence-electron chi connectivity index (χ1n) is 4.84. The second-order valence-electron chi connectivity index (χ2n) is 3.44. The predicted molar refractivity (Wildman–Crippen MR) is 52.6 cm³/mol. The lowest BCUT2D eigenvalue weighted by molar-refractivity contribution is -0.296. The third-order valence-corrected chi connectivity index (χ3v) is 2.02. The number of hydrogen-bond acceptors (Lipinski definition) is 7. The van der Waals surface area contributed by atoms with Crippen LogP contribution in [0.1, 0.15) is 13.8 Å². The molecule has 0 amide bonds. The maximum Gasteiger partial charge on any atom is 0.302 e. The summed E-state index contributed by atoms with van der Waals surface area (Å²) in [5.74, 6) is -0.267. The van der Waals surface area contributed by atoms with E-state index in [9.17, 15) is 15.0 Å². The number of aliphatic hydroxyl groups excluding tert-OH is 2. The molecule has 1 aliphatic rings. The molecule has 7 nitrogen and oxygen atoms in total. The minimum Gasteiger partial charge on any atom is -0.463 e. The van der Waals surface area contributed by atoms with Gasteiger partial charge in [0.1, 0.15) is 18.8 Å². The summed E-state index contributed by atoms with van der Waals surface area (Å²) in [5, 5.41) is 19.1. The fraction of sp³-hybridized carbons (Fsp3) is 0.778. The van der Waals surface area contributed by atoms with Crippen LogP contribution >= 0.6 is 0 Å². The van der Waals surface area contributed by atoms with Gasteiger partial charge >= 0.3 is 5.97 Å². The first-order valence-corrected chi connectivity index (χ1v) is 4.84. The van der Waals surface area contributed by atoms with Crippen molar-refractivity contribution in [3.05, 3.63) is 0 Å². The number of carbonyl (C=O) groups excluding carboxylic acids is 1. The molecule has 0 saturated carbocycles. The molecule has 1 unspecified atom stereocenters. The summed E-state index contributed by atoms with van der Waals surface area (Å²) in [4.78, 5) is 23.9. The summed E-state index contributed by atoms with van der Waals surface area (Å²) >= 11 is 0. The van der Waals surface area contributed by atoms with E-state index in [0.717, 1.165) is 0 Å². The van der Waals surface area contributed by atoms with Crippen LogP contribution in [0.4, 0.5) is 0 Å². The van der Waals surface area contributed by atoms with Crippen molar-refractivity contribution in [3.63, 3.8) is 0 Å². The molecule has 0 aromatic rings. The Morgan fingerprint density at radius 3 is 2.94 bits per heavy atom. The van der Waals surface area contributed by atoms with Gasteiger partial charge in [-0.3, -0.25) is 4.79 Å². The molecule has 1 heterocycles. The minimum absolute atomic E-state index is 0.00688. The number of carbonyl (C=O) groups is 1. The van der Waals surface area contributed by atoms with Gasteiger partial charge in [0.15, 0.2) is 6.10 Å². The summed E-state index contributed by atoms with van der Waals surface area (Å²) < 4.78 is 4.68. The number of rotatable bonds is 2. The largest absolute Gasteiger partial charge is 0.463 e. The highest BCUT2D eigenvalue weighted by molar-refractivity contribution is 5.72. The van der Waals surface area contributed by atoms with Crippen molar-refractivity contribution < 1.29 is 29.5 Å². The Morgan fingerprint density at radius 1 is 1.62 bits per heavy atom. The number of nitrogens with zero attached hydrogens (tertiary/aromatic N) is 1. The highest BCUT2D eigenvalue weighted by Gasteiger charge is 2.31. The number of aliphatic imine (C=N–C) groups is 1. The lowest BCUT2D eigenvalue weighted by Gasteiger charge is -2.26. The molecule has 7 heteroatoms. The third-order valence-electron chi connectivity index (χ3n) is 2.02. The molecule has 0 fully saturated rings. The fourth-order valence-corrected chi connectivity index (χ4v) is 1.12. The van der Waals surface area contributed by atoms with Crippen molar-refractivity contribution in [2.75, 3.05) is 13.2 Å². The van der Waals surface area contributed by atoms with E-state index >= 15 is 0 Å². The topological polar surface area (TPSA) is 97.6 Å². The molecule has 1 aliphatic heterocycles. The standard InChI is InChI=1S/C9H15NO6/c1-5-10-3-7(12)9(13)8(16-15-5)4-14-6(2)11/h7-9,12-13H,3-4H2,1-2H3/b10-5-/t7-,8?,9-/m1/s1. The van der Waals surface area contributed by atoms with Crippen molar-refractivity contribution in [1.29, 1.82) is 0 Å². The van der Waals surface area contributed by atoms with E-state index < -0.39 is 24.3 Å². The number of hydrogen-bond donors (Lipinski definition) is 2. The molecule has 2 N–H and O–H groups in total. The van der Waals surface area contributed by atoms with E-state index in [4.69, 9.17) is 9.78 Å². The zero-order valence-corrected chi connectivity index (χ0v) is 9.12. The maximum atomic E-state index is 10.6. The van der Waals surface area contributed by atoms with Gasteiger partial charge in [0.05, 0.1) is 6.54 Å². The van der Waals surface area contributed by atoms with Crippen LogP contribution in [0.2, 0.25) is 0 Å². The average molecular weight is 233 g/mol. The predicted octanol–water partition coefficient (Wildman–Crippen LogP) is -0.980. The summed E-state index contributed by atoms with van der Waals surface area (Å²) in [6.07, 6.45) is -3.25. The summed E-state index contributed by atoms with van der Waals surface area (Å²) in [6.45, 7) is 2.60. The summed E-state index contributed by atoms with van der Waals surface area (Å²) in [7, 11) is 0. The molecule has 0 radical (unpaired) electrons. The van der Waals surface area contributed by atoms with Crippen LogP contribution in [-0.4, -0.2) is 53.5 Å². The molecule has 0 aromatic heterocycles. The van der Waals surface area contributed by atoms with Gasteiger partial charge in [-0.05, 0) is 0 Å². The Balaban J connectivity index is 2.59. The number of ether oxygens (including phenoxy) is 1. The van der Waals surface area contributed by atoms with Gasteiger partial charge in [-0.2, -0.15) is 4.89 Å². The maximum absolute atomic E-state index is 10.6. The normalized spacial score (nSPS) is 34.0. The van der Waals surface area contributed by atoms with E-state index in [0.29, 0.717) is 0 Å². The second kappa shape index (κ2) is 5.78. The van der Waals surface area contributed by atoms with Gasteiger partial charge in [-0.1, -0.05) is 0 Å². The molecule has 3 atom stereocenters. The molecule has 0 spiro atoms. The van der Waals surface area contributed by atoms with Gasteiger partial charge in [0.25, 0.3) is 0 Å². The quantitative estimate of drug-likeness (QED) is 0.470. The van der Waals surface area contributed by atoms with E-state index in [1.54, 1.807) is 6.92 Å². The lowest BCUT2D eigenvalue weighted by atomic mass is 10.1. The Kier molecular flexibility index (Phi) is 4.66. The molecule has 0 bridgehead atoms. The van der Waals surface area contributed by atoms with Crippen LogP contribution in [0.15, 0.2) is 4.99 Å². The smallest absolute Gasteiger partial charge is 0.302 e. The van der Waals surface area contributed by atoms with Crippen LogP contribution in [-0.2, 0) is 19.3 Å². The zero-order chi connectivity index (χ0) is 12.1. The van der Waals surface area contributed by atoms with Crippen LogP contribution in [0, 0.1) is 0 Å². The number of esters is 1. The monoisotopic (exact) mass is 233 g/mol. The first-order chi connectivity index (χ1) is 7.50. The molecular weight excluding hydrogens is 218 g/mol. The average Bonchev–Trinajstić information content (AvgIpc) is 2.23. The van der Waals surface area contributed by atoms with Crippen molar-refractivity contribution in [1.82, 2.24) is 0 Å². The lowest BCUT2D eigenvalue weighted by Crippen LogP contribution is -2.45. The molecule has 16 heavy (non-hydrogen) atoms. The highest BCUT2D eigenvalue weighted by Crippen LogP contribution is 2.10. The van der Waals surface area contributed by atoms with Gasteiger partial charge in [-0.25, -0.2) is 4.99 Å². The van der Waals surface area contributed by atoms with Gasteiger partial charge in [0.2, 0.25) is 5.90 Å². The minimum atomic E-state index is -1.23. The van der Waals surface area contributed by atoms with Gasteiger partial charge < -0.3 is 19.8 Å². The zero-order valence-electron chi connectivity index (χ0n) is 9.12. The van der Waals surface area contributed by atoms with E-state index in [1.807, 2.05) is 0 Å². The SMILES string of the molecule is CC(=O)OCC1OO/C(C)=N\C[C@@H](O)[C@H]1O. The first kappa shape index (κ1) is 12.9. The Labute approximate surface area is 92.6 Å². The number of aliphatic hydroxyl groups is 2. The summed E-state index contributed by atoms with van der Waals surface area (Å²) in [6, 6.07) is 0.